The number of imide groups is 1. The lowest BCUT2D eigenvalue weighted by molar-refractivity contribution is -0.156. The number of hydrogen-bond acceptors (Lipinski definition) is 6. The molecule has 2 saturated heterocycles. The Labute approximate surface area is 151 Å². The summed E-state index contributed by atoms with van der Waals surface area (Å²) in [7, 11) is 0. The van der Waals surface area contributed by atoms with E-state index in [0.717, 1.165) is 4.88 Å². The second-order valence-electron chi connectivity index (χ2n) is 6.50. The zero-order valence-electron chi connectivity index (χ0n) is 14.8. The lowest BCUT2D eigenvalue weighted by atomic mass is 9.77. The Hall–Kier alpha value is -1.73. The van der Waals surface area contributed by atoms with Crippen LogP contribution in [0.3, 0.4) is 0 Å². The summed E-state index contributed by atoms with van der Waals surface area (Å²) in [4.78, 5) is 41.1. The number of likely N-dealkylation sites (tertiary alicyclic amines) is 1. The summed E-state index contributed by atoms with van der Waals surface area (Å²) < 4.78 is 5.33. The van der Waals surface area contributed by atoms with Crippen LogP contribution in [-0.2, 0) is 19.1 Å². The molecule has 2 amide bonds. The van der Waals surface area contributed by atoms with Gasteiger partial charge in [0.15, 0.2) is 0 Å². The zero-order valence-corrected chi connectivity index (χ0v) is 15.6. The molecule has 136 valence electrons. The van der Waals surface area contributed by atoms with E-state index in [4.69, 9.17) is 4.74 Å². The molecule has 3 rings (SSSR count). The molecule has 0 aromatic carbocycles. The van der Waals surface area contributed by atoms with Crippen LogP contribution >= 0.6 is 11.3 Å². The third-order valence-electron chi connectivity index (χ3n) is 5.20. The maximum absolute atomic E-state index is 13.0. The van der Waals surface area contributed by atoms with Crippen LogP contribution in [0.4, 0.5) is 0 Å². The number of fused-ring (bicyclic) bond motifs is 1. The van der Waals surface area contributed by atoms with Crippen LogP contribution in [0.25, 0.3) is 0 Å². The van der Waals surface area contributed by atoms with E-state index in [2.05, 4.69) is 5.32 Å². The van der Waals surface area contributed by atoms with E-state index in [1.54, 1.807) is 13.8 Å². The number of amides is 2. The molecule has 2 aliphatic rings. The minimum absolute atomic E-state index is 0.189. The topological polar surface area (TPSA) is 75.7 Å². The fourth-order valence-corrected chi connectivity index (χ4v) is 5.08. The molecule has 1 aromatic heterocycles. The molecule has 0 spiro atoms. The fraction of sp³-hybridized carbons (Fsp3) is 0.611. The van der Waals surface area contributed by atoms with E-state index in [-0.39, 0.29) is 24.5 Å². The number of nitrogens with zero attached hydrogens (tertiary/aromatic N) is 1. The monoisotopic (exact) mass is 364 g/mol. The average Bonchev–Trinajstić information content (AvgIpc) is 3.26. The quantitative estimate of drug-likeness (QED) is 0.618. The van der Waals surface area contributed by atoms with Crippen LogP contribution in [0.5, 0.6) is 0 Å². The standard InChI is InChI=1S/C18H24N2O4S/c1-4-9-18(17(23)24-6-3)13-12(15(21)20(5-2)16(13)22)14(19-18)11-8-7-10-25-11/h7-8,10,12-14,19H,4-6,9H2,1-3H3. The van der Waals surface area contributed by atoms with Gasteiger partial charge in [0.2, 0.25) is 11.8 Å². The van der Waals surface area contributed by atoms with Gasteiger partial charge in [0.25, 0.3) is 0 Å². The van der Waals surface area contributed by atoms with Crippen molar-refractivity contribution in [2.75, 3.05) is 13.2 Å². The second-order valence-corrected chi connectivity index (χ2v) is 7.48. The summed E-state index contributed by atoms with van der Waals surface area (Å²) in [5, 5.41) is 5.31. The Bertz CT molecular complexity index is 675. The molecule has 0 aliphatic carbocycles. The highest BCUT2D eigenvalue weighted by Crippen LogP contribution is 2.51. The van der Waals surface area contributed by atoms with E-state index in [1.807, 2.05) is 24.4 Å². The van der Waals surface area contributed by atoms with E-state index < -0.39 is 23.3 Å². The molecule has 4 unspecified atom stereocenters. The van der Waals surface area contributed by atoms with Crippen molar-refractivity contribution in [1.29, 1.82) is 0 Å². The van der Waals surface area contributed by atoms with Crippen LogP contribution in [0, 0.1) is 11.8 Å². The molecular weight excluding hydrogens is 340 g/mol. The van der Waals surface area contributed by atoms with Crippen molar-refractivity contribution in [3.8, 4) is 0 Å². The van der Waals surface area contributed by atoms with Crippen molar-refractivity contribution < 1.29 is 19.1 Å². The number of nitrogens with one attached hydrogen (secondary N) is 1. The highest BCUT2D eigenvalue weighted by Gasteiger charge is 2.68. The smallest absolute Gasteiger partial charge is 0.327 e. The first kappa shape index (κ1) is 18.1. The average molecular weight is 364 g/mol. The fourth-order valence-electron chi connectivity index (χ4n) is 4.26. The van der Waals surface area contributed by atoms with Gasteiger partial charge < -0.3 is 4.74 Å². The lowest BCUT2D eigenvalue weighted by Crippen LogP contribution is -2.56. The van der Waals surface area contributed by atoms with Crippen LogP contribution in [0.1, 0.15) is 44.5 Å². The van der Waals surface area contributed by atoms with Crippen molar-refractivity contribution in [2.45, 2.75) is 45.2 Å². The normalized spacial score (nSPS) is 31.5. The van der Waals surface area contributed by atoms with Gasteiger partial charge >= 0.3 is 5.97 Å². The predicted octanol–water partition coefficient (Wildman–Crippen LogP) is 2.12. The minimum atomic E-state index is -1.14. The maximum atomic E-state index is 13.0. The first-order valence-electron chi connectivity index (χ1n) is 8.85. The molecule has 0 radical (unpaired) electrons. The first-order valence-corrected chi connectivity index (χ1v) is 9.73. The predicted molar refractivity (Wildman–Crippen MR) is 93.8 cm³/mol. The largest absolute Gasteiger partial charge is 0.465 e. The Morgan fingerprint density at radius 1 is 1.32 bits per heavy atom. The Balaban J connectivity index is 2.11. The number of thiophene rings is 1. The van der Waals surface area contributed by atoms with E-state index >= 15 is 0 Å². The molecule has 0 saturated carbocycles. The van der Waals surface area contributed by atoms with E-state index in [9.17, 15) is 14.4 Å². The summed E-state index contributed by atoms with van der Waals surface area (Å²) >= 11 is 1.53. The van der Waals surface area contributed by atoms with Gasteiger partial charge in [-0.2, -0.15) is 0 Å². The van der Waals surface area contributed by atoms with Gasteiger partial charge in [0.1, 0.15) is 5.54 Å². The maximum Gasteiger partial charge on any atom is 0.327 e. The molecule has 1 aromatic rings. The van der Waals surface area contributed by atoms with Crippen LogP contribution in [0.15, 0.2) is 17.5 Å². The van der Waals surface area contributed by atoms with Gasteiger partial charge in [0, 0.05) is 11.4 Å². The van der Waals surface area contributed by atoms with Crippen LogP contribution in [-0.4, -0.2) is 41.4 Å². The van der Waals surface area contributed by atoms with Crippen LogP contribution < -0.4 is 5.32 Å². The van der Waals surface area contributed by atoms with E-state index in [1.165, 1.54) is 16.2 Å². The molecule has 1 N–H and O–H groups in total. The first-order chi connectivity index (χ1) is 12.0. The lowest BCUT2D eigenvalue weighted by Gasteiger charge is -2.32. The van der Waals surface area contributed by atoms with Crippen molar-refractivity contribution in [1.82, 2.24) is 10.2 Å². The number of carbonyl (C=O) groups is 3. The van der Waals surface area contributed by atoms with Gasteiger partial charge in [-0.25, -0.2) is 0 Å². The molecule has 25 heavy (non-hydrogen) atoms. The van der Waals surface area contributed by atoms with Crippen molar-refractivity contribution in [2.24, 2.45) is 11.8 Å². The Morgan fingerprint density at radius 3 is 2.64 bits per heavy atom. The molecule has 6 nitrogen and oxygen atoms in total. The Kier molecular flexibility index (Phi) is 4.97. The zero-order chi connectivity index (χ0) is 18.2. The van der Waals surface area contributed by atoms with Gasteiger partial charge in [-0.1, -0.05) is 19.4 Å². The number of hydrogen-bond donors (Lipinski definition) is 1. The SMILES string of the molecule is CCCC1(C(=O)OCC)NC(c2cccs2)C2C(=O)N(CC)C(=O)C21. The highest BCUT2D eigenvalue weighted by molar-refractivity contribution is 7.10. The summed E-state index contributed by atoms with van der Waals surface area (Å²) in [6.07, 6.45) is 1.17. The molecule has 7 heteroatoms. The Morgan fingerprint density at radius 2 is 2.08 bits per heavy atom. The van der Waals surface area contributed by atoms with Gasteiger partial charge in [-0.05, 0) is 31.7 Å². The number of ether oxygens (including phenoxy) is 1. The molecule has 2 aliphatic heterocycles. The summed E-state index contributed by atoms with van der Waals surface area (Å²) in [6.45, 7) is 6.07. The molecular formula is C18H24N2O4S. The summed E-state index contributed by atoms with van der Waals surface area (Å²) in [5.41, 5.74) is -1.14. The van der Waals surface area contributed by atoms with E-state index in [0.29, 0.717) is 19.4 Å². The van der Waals surface area contributed by atoms with Crippen molar-refractivity contribution >= 4 is 29.1 Å². The number of esters is 1. The van der Waals surface area contributed by atoms with Gasteiger partial charge in [0.05, 0.1) is 24.5 Å². The summed E-state index contributed by atoms with van der Waals surface area (Å²) in [6, 6.07) is 3.52. The van der Waals surface area contributed by atoms with Crippen molar-refractivity contribution in [3.05, 3.63) is 22.4 Å². The number of carbonyl (C=O) groups excluding carboxylic acids is 3. The van der Waals surface area contributed by atoms with Gasteiger partial charge in [-0.3, -0.25) is 24.6 Å². The molecule has 4 atom stereocenters. The third-order valence-corrected chi connectivity index (χ3v) is 6.15. The minimum Gasteiger partial charge on any atom is -0.465 e. The van der Waals surface area contributed by atoms with Gasteiger partial charge in [-0.15, -0.1) is 11.3 Å². The van der Waals surface area contributed by atoms with Crippen LogP contribution in [0.2, 0.25) is 0 Å². The molecule has 3 heterocycles. The van der Waals surface area contributed by atoms with Crippen molar-refractivity contribution in [3.63, 3.8) is 0 Å². The highest BCUT2D eigenvalue weighted by atomic mass is 32.1. The summed E-state index contributed by atoms with van der Waals surface area (Å²) in [5.74, 6) is -2.13. The molecule has 0 bridgehead atoms. The number of rotatable bonds is 6. The second kappa shape index (κ2) is 6.88. The molecule has 2 fully saturated rings. The third kappa shape index (κ3) is 2.60.